The number of hydrogen-bond acceptors (Lipinski definition) is 4. The smallest absolute Gasteiger partial charge is 0.466 e. The Labute approximate surface area is 135 Å². The van der Waals surface area contributed by atoms with Crippen LogP contribution in [0, 0.1) is 0 Å². The quantitative estimate of drug-likeness (QED) is 0.648. The maximum absolute atomic E-state index is 12.6. The van der Waals surface area contributed by atoms with Crippen LogP contribution in [0.2, 0.25) is 0 Å². The number of rotatable bonds is 3. The van der Waals surface area contributed by atoms with Gasteiger partial charge in [-0.05, 0) is 25.2 Å². The number of hydrogen-bond donors (Lipinski definition) is 2. The first-order valence-corrected chi connectivity index (χ1v) is 6.85. The number of nitrogens with one attached hydrogen (secondary N) is 2. The Hall–Kier alpha value is -2.29. The van der Waals surface area contributed by atoms with Gasteiger partial charge in [-0.3, -0.25) is 0 Å². The molecule has 1 aliphatic rings. The molecule has 0 aromatic heterocycles. The van der Waals surface area contributed by atoms with Crippen LogP contribution < -0.4 is 15.4 Å². The molecule has 1 atom stereocenters. The molecule has 0 amide bonds. The van der Waals surface area contributed by atoms with Crippen LogP contribution in [0.3, 0.4) is 0 Å². The van der Waals surface area contributed by atoms with Crippen molar-refractivity contribution >= 4 is 23.3 Å². The van der Waals surface area contributed by atoms with Crippen LogP contribution in [-0.4, -0.2) is 24.6 Å². The van der Waals surface area contributed by atoms with Crippen LogP contribution in [0.5, 0.6) is 5.75 Å². The lowest BCUT2D eigenvalue weighted by atomic mass is 9.95. The molecule has 1 aromatic carbocycles. The molecule has 0 bridgehead atoms. The van der Waals surface area contributed by atoms with Crippen LogP contribution in [-0.2, 0) is 9.53 Å². The van der Waals surface area contributed by atoms with E-state index in [9.17, 15) is 18.0 Å². The molecule has 23 heavy (non-hydrogen) atoms. The van der Waals surface area contributed by atoms with Crippen LogP contribution in [0.4, 0.5) is 13.2 Å². The van der Waals surface area contributed by atoms with Crippen molar-refractivity contribution in [2.75, 3.05) is 7.11 Å². The number of methoxy groups -OCH3 is 1. The SMILES string of the molecule is COC(=O)C1=C(C)NC(=S)N[C@@H]1c1ccccc1OC(F)(F)F. The van der Waals surface area contributed by atoms with Crippen LogP contribution in [0.25, 0.3) is 0 Å². The highest BCUT2D eigenvalue weighted by molar-refractivity contribution is 7.80. The van der Waals surface area contributed by atoms with Crippen LogP contribution in [0.15, 0.2) is 35.5 Å². The van der Waals surface area contributed by atoms with Crippen molar-refractivity contribution in [1.82, 2.24) is 10.6 Å². The molecule has 1 heterocycles. The molecule has 2 N–H and O–H groups in total. The maximum Gasteiger partial charge on any atom is 0.573 e. The Morgan fingerprint density at radius 3 is 2.57 bits per heavy atom. The number of alkyl halides is 3. The van der Waals surface area contributed by atoms with Gasteiger partial charge in [0.25, 0.3) is 0 Å². The third-order valence-electron chi connectivity index (χ3n) is 3.13. The summed E-state index contributed by atoms with van der Waals surface area (Å²) in [5, 5.41) is 5.70. The number of ether oxygens (including phenoxy) is 2. The summed E-state index contributed by atoms with van der Waals surface area (Å²) in [6.45, 7) is 1.58. The predicted octanol–water partition coefficient (Wildman–Crippen LogP) is 2.55. The normalized spacial score (nSPS) is 18.1. The Morgan fingerprint density at radius 2 is 1.96 bits per heavy atom. The minimum atomic E-state index is -4.85. The first kappa shape index (κ1) is 17.1. The second kappa shape index (κ2) is 6.45. The predicted molar refractivity (Wildman–Crippen MR) is 79.5 cm³/mol. The van der Waals surface area contributed by atoms with Gasteiger partial charge >= 0.3 is 12.3 Å². The summed E-state index contributed by atoms with van der Waals surface area (Å²) in [5.41, 5.74) is 0.639. The number of allylic oxidation sites excluding steroid dienone is 1. The standard InChI is InChI=1S/C14H13F3N2O3S/c1-7-10(12(20)21-2)11(19-13(23)18-7)8-5-3-4-6-9(8)22-14(15,16)17/h3-6,11H,1-2H3,(H2,18,19,23)/t11-/m1/s1. The number of para-hydroxylation sites is 1. The van der Waals surface area contributed by atoms with E-state index in [1.54, 1.807) is 6.92 Å². The Kier molecular flexibility index (Phi) is 4.79. The average Bonchev–Trinajstić information content (AvgIpc) is 2.44. The number of carbonyl (C=O) groups excluding carboxylic acids is 1. The Bertz CT molecular complexity index is 673. The lowest BCUT2D eigenvalue weighted by Gasteiger charge is -2.30. The number of benzene rings is 1. The van der Waals surface area contributed by atoms with Crippen molar-refractivity contribution in [3.63, 3.8) is 0 Å². The van der Waals surface area contributed by atoms with Gasteiger partial charge in [0.2, 0.25) is 0 Å². The van der Waals surface area contributed by atoms with E-state index < -0.39 is 24.1 Å². The lowest BCUT2D eigenvalue weighted by Crippen LogP contribution is -2.45. The van der Waals surface area contributed by atoms with E-state index in [0.717, 1.165) is 0 Å². The maximum atomic E-state index is 12.6. The van der Waals surface area contributed by atoms with Crippen LogP contribution in [0.1, 0.15) is 18.5 Å². The van der Waals surface area contributed by atoms with Gasteiger partial charge in [0.15, 0.2) is 5.11 Å². The van der Waals surface area contributed by atoms with Gasteiger partial charge in [-0.25, -0.2) is 4.79 Å². The zero-order valence-electron chi connectivity index (χ0n) is 12.2. The summed E-state index contributed by atoms with van der Waals surface area (Å²) < 4.78 is 46.5. The molecule has 5 nitrogen and oxygen atoms in total. The van der Waals surface area contributed by atoms with Gasteiger partial charge in [0.1, 0.15) is 5.75 Å². The lowest BCUT2D eigenvalue weighted by molar-refractivity contribution is -0.274. The summed E-state index contributed by atoms with van der Waals surface area (Å²) in [4.78, 5) is 12.0. The third kappa shape index (κ3) is 3.92. The highest BCUT2D eigenvalue weighted by Gasteiger charge is 2.36. The van der Waals surface area contributed by atoms with E-state index in [1.165, 1.54) is 31.4 Å². The first-order chi connectivity index (χ1) is 10.7. The van der Waals surface area contributed by atoms with E-state index in [0.29, 0.717) is 5.70 Å². The summed E-state index contributed by atoms with van der Waals surface area (Å²) in [6.07, 6.45) is -4.85. The monoisotopic (exact) mass is 346 g/mol. The summed E-state index contributed by atoms with van der Waals surface area (Å²) in [6, 6.07) is 4.60. The van der Waals surface area contributed by atoms with Crippen molar-refractivity contribution in [2.24, 2.45) is 0 Å². The van der Waals surface area contributed by atoms with E-state index in [-0.39, 0.29) is 16.2 Å². The van der Waals surface area contributed by atoms with Gasteiger partial charge < -0.3 is 20.1 Å². The average molecular weight is 346 g/mol. The van der Waals surface area contributed by atoms with Crippen molar-refractivity contribution in [3.05, 3.63) is 41.1 Å². The van der Waals surface area contributed by atoms with E-state index >= 15 is 0 Å². The molecule has 124 valence electrons. The topological polar surface area (TPSA) is 59.6 Å². The van der Waals surface area contributed by atoms with Crippen molar-refractivity contribution in [3.8, 4) is 5.75 Å². The molecule has 0 unspecified atom stereocenters. The Balaban J connectivity index is 2.52. The van der Waals surface area contributed by atoms with Crippen molar-refractivity contribution in [1.29, 1.82) is 0 Å². The molecule has 1 aromatic rings. The van der Waals surface area contributed by atoms with E-state index in [4.69, 9.17) is 17.0 Å². The van der Waals surface area contributed by atoms with Crippen LogP contribution >= 0.6 is 12.2 Å². The zero-order chi connectivity index (χ0) is 17.2. The summed E-state index contributed by atoms with van der Waals surface area (Å²) in [7, 11) is 1.19. The van der Waals surface area contributed by atoms with Gasteiger partial charge in [-0.1, -0.05) is 18.2 Å². The summed E-state index contributed by atoms with van der Waals surface area (Å²) >= 11 is 5.02. The zero-order valence-corrected chi connectivity index (χ0v) is 13.0. The van der Waals surface area contributed by atoms with Gasteiger partial charge in [-0.2, -0.15) is 0 Å². The molecular formula is C14H13F3N2O3S. The van der Waals surface area contributed by atoms with E-state index in [1.807, 2.05) is 0 Å². The first-order valence-electron chi connectivity index (χ1n) is 6.44. The number of halogens is 3. The van der Waals surface area contributed by atoms with Gasteiger partial charge in [-0.15, -0.1) is 13.2 Å². The summed E-state index contributed by atoms with van der Waals surface area (Å²) in [5.74, 6) is -1.10. The third-order valence-corrected chi connectivity index (χ3v) is 3.35. The molecule has 0 radical (unpaired) electrons. The van der Waals surface area contributed by atoms with Gasteiger partial charge in [0, 0.05) is 11.3 Å². The van der Waals surface area contributed by atoms with Crippen molar-refractivity contribution < 1.29 is 27.4 Å². The molecule has 0 spiro atoms. The van der Waals surface area contributed by atoms with Crippen molar-refractivity contribution in [2.45, 2.75) is 19.3 Å². The number of esters is 1. The molecule has 2 rings (SSSR count). The number of carbonyl (C=O) groups is 1. The molecular weight excluding hydrogens is 333 g/mol. The molecule has 0 aliphatic carbocycles. The second-order valence-electron chi connectivity index (χ2n) is 4.65. The number of thiocarbonyl (C=S) groups is 1. The largest absolute Gasteiger partial charge is 0.573 e. The minimum absolute atomic E-state index is 0.119. The minimum Gasteiger partial charge on any atom is -0.466 e. The molecule has 1 aliphatic heterocycles. The molecule has 0 saturated carbocycles. The highest BCUT2D eigenvalue weighted by Crippen LogP contribution is 2.35. The fourth-order valence-electron chi connectivity index (χ4n) is 2.24. The fourth-order valence-corrected chi connectivity index (χ4v) is 2.52. The Morgan fingerprint density at radius 1 is 1.30 bits per heavy atom. The second-order valence-corrected chi connectivity index (χ2v) is 5.06. The molecule has 0 saturated heterocycles. The fraction of sp³-hybridized carbons (Fsp3) is 0.286. The van der Waals surface area contributed by atoms with Gasteiger partial charge in [0.05, 0.1) is 18.7 Å². The molecule has 9 heteroatoms. The highest BCUT2D eigenvalue weighted by atomic mass is 32.1. The molecule has 0 fully saturated rings. The van der Waals surface area contributed by atoms with E-state index in [2.05, 4.69) is 15.4 Å².